The number of hydrogen-bond donors (Lipinski definition) is 0. The zero-order valence-electron chi connectivity index (χ0n) is 15.0. The van der Waals surface area contributed by atoms with Crippen LogP contribution in [0.4, 0.5) is 5.82 Å². The molecule has 2 saturated heterocycles. The summed E-state index contributed by atoms with van der Waals surface area (Å²) in [4.78, 5) is 38.1. The van der Waals surface area contributed by atoms with E-state index in [9.17, 15) is 9.59 Å². The molecule has 140 valence electrons. The van der Waals surface area contributed by atoms with Crippen molar-refractivity contribution in [3.8, 4) is 5.88 Å². The van der Waals surface area contributed by atoms with Crippen LogP contribution < -0.4 is 9.64 Å². The van der Waals surface area contributed by atoms with E-state index in [1.54, 1.807) is 12.4 Å². The molecule has 1 saturated carbocycles. The van der Waals surface area contributed by atoms with Gasteiger partial charge in [-0.15, -0.1) is 0 Å². The Morgan fingerprint density at radius 1 is 1.00 bits per heavy atom. The van der Waals surface area contributed by atoms with Crippen LogP contribution in [0.5, 0.6) is 5.88 Å². The number of anilines is 1. The summed E-state index contributed by atoms with van der Waals surface area (Å²) in [7, 11) is 0. The van der Waals surface area contributed by atoms with Gasteiger partial charge in [0.2, 0.25) is 11.8 Å². The van der Waals surface area contributed by atoms with Crippen LogP contribution in [0, 0.1) is 5.92 Å². The van der Waals surface area contributed by atoms with Gasteiger partial charge in [-0.05, 0) is 18.8 Å². The topological polar surface area (TPSA) is 78.9 Å². The second-order valence-corrected chi connectivity index (χ2v) is 7.20. The maximum Gasteiger partial charge on any atom is 0.257 e. The summed E-state index contributed by atoms with van der Waals surface area (Å²) in [5.74, 6) is 1.89. The van der Waals surface area contributed by atoms with Gasteiger partial charge in [0.05, 0.1) is 6.54 Å². The number of hydrogen-bond acceptors (Lipinski definition) is 7. The molecule has 8 heteroatoms. The van der Waals surface area contributed by atoms with Gasteiger partial charge in [0.1, 0.15) is 6.61 Å². The highest BCUT2D eigenvalue weighted by Crippen LogP contribution is 2.30. The molecule has 0 bridgehead atoms. The number of piperazine rings is 1. The van der Waals surface area contributed by atoms with Gasteiger partial charge in [-0.2, -0.15) is 0 Å². The number of ether oxygens (including phenoxy) is 1. The third-order valence-electron chi connectivity index (χ3n) is 5.24. The Hall–Kier alpha value is -2.22. The number of carbonyl (C=O) groups is 2. The molecule has 0 unspecified atom stereocenters. The van der Waals surface area contributed by atoms with E-state index in [1.807, 2.05) is 0 Å². The molecule has 0 spiro atoms. The maximum absolute atomic E-state index is 11.7. The van der Waals surface area contributed by atoms with Crippen molar-refractivity contribution >= 4 is 17.6 Å². The van der Waals surface area contributed by atoms with Crippen molar-refractivity contribution < 1.29 is 14.3 Å². The minimum atomic E-state index is -0.121. The normalized spacial score (nSPS) is 21.5. The number of nitrogens with zero attached hydrogens (tertiary/aromatic N) is 5. The molecule has 3 heterocycles. The molecule has 26 heavy (non-hydrogen) atoms. The van der Waals surface area contributed by atoms with E-state index < -0.39 is 0 Å². The summed E-state index contributed by atoms with van der Waals surface area (Å²) in [5, 5.41) is 0. The lowest BCUT2D eigenvalue weighted by molar-refractivity contribution is -0.138. The smallest absolute Gasteiger partial charge is 0.257 e. The third kappa shape index (κ3) is 3.95. The lowest BCUT2D eigenvalue weighted by atomic mass is 10.3. The molecule has 0 aromatic carbocycles. The fraction of sp³-hybridized carbons (Fsp3) is 0.667. The molecule has 1 aromatic rings. The van der Waals surface area contributed by atoms with Crippen LogP contribution in [0.1, 0.15) is 25.7 Å². The molecule has 1 aromatic heterocycles. The highest BCUT2D eigenvalue weighted by atomic mass is 16.5. The first-order chi connectivity index (χ1) is 12.7. The minimum Gasteiger partial charge on any atom is -0.473 e. The van der Waals surface area contributed by atoms with Gasteiger partial charge in [0.25, 0.3) is 5.88 Å². The van der Waals surface area contributed by atoms with Crippen molar-refractivity contribution in [3.05, 3.63) is 12.4 Å². The van der Waals surface area contributed by atoms with Gasteiger partial charge in [-0.3, -0.25) is 19.4 Å². The van der Waals surface area contributed by atoms with Crippen molar-refractivity contribution in [2.24, 2.45) is 5.92 Å². The first kappa shape index (κ1) is 17.2. The summed E-state index contributed by atoms with van der Waals surface area (Å²) in [6.45, 7) is 5.60. The lowest BCUT2D eigenvalue weighted by Crippen LogP contribution is -2.47. The van der Waals surface area contributed by atoms with Crippen molar-refractivity contribution in [2.75, 3.05) is 50.8 Å². The summed E-state index contributed by atoms with van der Waals surface area (Å²) in [6, 6.07) is 0. The van der Waals surface area contributed by atoms with Gasteiger partial charge in [-0.1, -0.05) is 0 Å². The largest absolute Gasteiger partial charge is 0.473 e. The predicted octanol–water partition coefficient (Wildman–Crippen LogP) is 0.536. The summed E-state index contributed by atoms with van der Waals surface area (Å²) in [6.07, 6.45) is 6.65. The lowest BCUT2D eigenvalue weighted by Gasteiger charge is -2.35. The van der Waals surface area contributed by atoms with Crippen LogP contribution in [0.3, 0.4) is 0 Å². The molecule has 3 fully saturated rings. The van der Waals surface area contributed by atoms with Crippen LogP contribution in [0.15, 0.2) is 12.4 Å². The summed E-state index contributed by atoms with van der Waals surface area (Å²) >= 11 is 0. The monoisotopic (exact) mass is 359 g/mol. The van der Waals surface area contributed by atoms with Crippen molar-refractivity contribution in [1.82, 2.24) is 19.8 Å². The second kappa shape index (κ2) is 7.57. The fourth-order valence-electron chi connectivity index (χ4n) is 3.55. The molecule has 8 nitrogen and oxygen atoms in total. The molecule has 0 atom stereocenters. The Labute approximate surface area is 153 Å². The molecular formula is C18H25N5O3. The van der Waals surface area contributed by atoms with Crippen molar-refractivity contribution in [1.29, 1.82) is 0 Å². The van der Waals surface area contributed by atoms with Crippen LogP contribution >= 0.6 is 0 Å². The first-order valence-electron chi connectivity index (χ1n) is 9.45. The Balaban J connectivity index is 1.31. The minimum absolute atomic E-state index is 0.121. The number of imide groups is 1. The summed E-state index contributed by atoms with van der Waals surface area (Å²) < 4.78 is 5.78. The molecule has 2 aliphatic heterocycles. The Kier molecular flexibility index (Phi) is 5.01. The van der Waals surface area contributed by atoms with Gasteiger partial charge < -0.3 is 9.64 Å². The maximum atomic E-state index is 11.7. The van der Waals surface area contributed by atoms with Gasteiger partial charge in [-0.25, -0.2) is 9.97 Å². The molecule has 4 rings (SSSR count). The Morgan fingerprint density at radius 3 is 2.38 bits per heavy atom. The van der Waals surface area contributed by atoms with Crippen molar-refractivity contribution in [3.63, 3.8) is 0 Å². The number of rotatable bonds is 7. The fourth-order valence-corrected chi connectivity index (χ4v) is 3.55. The number of carbonyl (C=O) groups excluding carboxylic acids is 2. The first-order valence-corrected chi connectivity index (χ1v) is 9.45. The molecule has 1 aliphatic carbocycles. The van der Waals surface area contributed by atoms with E-state index in [0.717, 1.165) is 37.9 Å². The Morgan fingerprint density at radius 2 is 1.69 bits per heavy atom. The van der Waals surface area contributed by atoms with E-state index in [2.05, 4.69) is 19.8 Å². The van der Waals surface area contributed by atoms with Gasteiger partial charge >= 0.3 is 0 Å². The average Bonchev–Trinajstić information content (AvgIpc) is 3.42. The molecular weight excluding hydrogens is 334 g/mol. The number of amides is 2. The van der Waals surface area contributed by atoms with E-state index in [4.69, 9.17) is 4.74 Å². The second-order valence-electron chi connectivity index (χ2n) is 7.20. The average molecular weight is 359 g/mol. The van der Waals surface area contributed by atoms with Crippen LogP contribution in [0.25, 0.3) is 0 Å². The Bertz CT molecular complexity index is 655. The third-order valence-corrected chi connectivity index (χ3v) is 5.24. The highest BCUT2D eigenvalue weighted by Gasteiger charge is 2.29. The van der Waals surface area contributed by atoms with Crippen LogP contribution in [-0.4, -0.2) is 77.5 Å². The zero-order chi connectivity index (χ0) is 17.9. The van der Waals surface area contributed by atoms with Crippen molar-refractivity contribution in [2.45, 2.75) is 25.7 Å². The van der Waals surface area contributed by atoms with E-state index in [-0.39, 0.29) is 25.0 Å². The van der Waals surface area contributed by atoms with Gasteiger partial charge in [0.15, 0.2) is 5.82 Å². The molecule has 2 amide bonds. The van der Waals surface area contributed by atoms with E-state index in [1.165, 1.54) is 24.3 Å². The standard InChI is InChI=1S/C18H25N5O3/c24-15-3-4-16(25)23(15)11-12-26-18-17(19-5-6-20-18)22-9-7-21(8-10-22)13-14-1-2-14/h5-6,14H,1-4,7-13H2. The van der Waals surface area contributed by atoms with E-state index >= 15 is 0 Å². The molecule has 0 radical (unpaired) electrons. The zero-order valence-corrected chi connectivity index (χ0v) is 15.0. The van der Waals surface area contributed by atoms with Gasteiger partial charge in [0, 0.05) is 58.0 Å². The summed E-state index contributed by atoms with van der Waals surface area (Å²) in [5.41, 5.74) is 0. The van der Waals surface area contributed by atoms with Crippen LogP contribution in [0.2, 0.25) is 0 Å². The molecule has 3 aliphatic rings. The van der Waals surface area contributed by atoms with E-state index in [0.29, 0.717) is 18.7 Å². The quantitative estimate of drug-likeness (QED) is 0.657. The highest BCUT2D eigenvalue weighted by molar-refractivity contribution is 6.01. The molecule has 0 N–H and O–H groups in total. The number of aromatic nitrogens is 2. The SMILES string of the molecule is O=C1CCC(=O)N1CCOc1nccnc1N1CCN(CC2CC2)CC1. The predicted molar refractivity (Wildman–Crippen MR) is 94.9 cm³/mol. The van der Waals surface area contributed by atoms with Crippen LogP contribution in [-0.2, 0) is 9.59 Å². The number of likely N-dealkylation sites (tertiary alicyclic amines) is 1.